The summed E-state index contributed by atoms with van der Waals surface area (Å²) in [5.74, 6) is -0.798. The van der Waals surface area contributed by atoms with Gasteiger partial charge in [-0.1, -0.05) is 24.3 Å². The minimum Gasteiger partial charge on any atom is -0.489 e. The number of hydrogen-bond acceptors (Lipinski definition) is 5. The maximum Gasteiger partial charge on any atom is 0.335 e. The highest BCUT2D eigenvalue weighted by Gasteiger charge is 2.30. The highest BCUT2D eigenvalue weighted by molar-refractivity contribution is 8.18. The number of aromatic carboxylic acids is 1. The summed E-state index contributed by atoms with van der Waals surface area (Å²) in [6.45, 7) is 0.327. The summed E-state index contributed by atoms with van der Waals surface area (Å²) < 4.78 is 18.7. The number of carboxylic acids is 1. The highest BCUT2D eigenvalue weighted by atomic mass is 32.2. The molecule has 0 aromatic heterocycles. The Kier molecular flexibility index (Phi) is 6.55. The Balaban J connectivity index is 1.43. The van der Waals surface area contributed by atoms with Gasteiger partial charge < -0.3 is 9.84 Å². The first-order valence-electron chi connectivity index (χ1n) is 9.96. The van der Waals surface area contributed by atoms with E-state index in [1.165, 1.54) is 40.9 Å². The SMILES string of the molecule is CN1C(=O)C(=Cc2ccc(OCc3ccc(F)cc3)cc2)SC1=Nc1ccc(C(=O)O)cc1. The Morgan fingerprint density at radius 2 is 1.73 bits per heavy atom. The molecule has 0 atom stereocenters. The van der Waals surface area contributed by atoms with Crippen molar-refractivity contribution >= 4 is 40.6 Å². The monoisotopic (exact) mass is 462 g/mol. The number of hydrogen-bond donors (Lipinski definition) is 1. The Labute approximate surface area is 194 Å². The predicted octanol–water partition coefficient (Wildman–Crippen LogP) is 5.34. The number of likely N-dealkylation sites (N-methyl/N-ethyl adjacent to an activating group) is 1. The molecule has 1 N–H and O–H groups in total. The average Bonchev–Trinajstić information content (AvgIpc) is 3.07. The molecule has 6 nitrogen and oxygen atoms in total. The second-order valence-corrected chi connectivity index (χ2v) is 8.21. The van der Waals surface area contributed by atoms with Gasteiger partial charge in [0.2, 0.25) is 0 Å². The van der Waals surface area contributed by atoms with E-state index in [9.17, 15) is 14.0 Å². The molecule has 0 bridgehead atoms. The zero-order valence-electron chi connectivity index (χ0n) is 17.6. The Morgan fingerprint density at radius 1 is 1.06 bits per heavy atom. The highest BCUT2D eigenvalue weighted by Crippen LogP contribution is 2.33. The van der Waals surface area contributed by atoms with Gasteiger partial charge in [0.05, 0.1) is 16.2 Å². The van der Waals surface area contributed by atoms with Crippen molar-refractivity contribution in [1.82, 2.24) is 4.90 Å². The number of amidine groups is 1. The number of rotatable bonds is 6. The van der Waals surface area contributed by atoms with Crippen LogP contribution in [0.1, 0.15) is 21.5 Å². The molecule has 0 unspecified atom stereocenters. The van der Waals surface area contributed by atoms with Gasteiger partial charge in [-0.2, -0.15) is 0 Å². The molecule has 33 heavy (non-hydrogen) atoms. The van der Waals surface area contributed by atoms with E-state index in [1.807, 2.05) is 24.3 Å². The van der Waals surface area contributed by atoms with E-state index in [0.29, 0.717) is 28.1 Å². The lowest BCUT2D eigenvalue weighted by Gasteiger charge is -2.07. The lowest BCUT2D eigenvalue weighted by atomic mass is 10.2. The lowest BCUT2D eigenvalue weighted by molar-refractivity contribution is -0.121. The molecule has 4 rings (SSSR count). The molecule has 1 amide bonds. The summed E-state index contributed by atoms with van der Waals surface area (Å²) in [5, 5.41) is 9.51. The van der Waals surface area contributed by atoms with Gasteiger partial charge in [-0.15, -0.1) is 0 Å². The van der Waals surface area contributed by atoms with Crippen LogP contribution in [0.15, 0.2) is 82.7 Å². The molecular weight excluding hydrogens is 443 g/mol. The summed E-state index contributed by atoms with van der Waals surface area (Å²) in [4.78, 5) is 30.1. The molecular formula is C25H19FN2O4S. The van der Waals surface area contributed by atoms with Gasteiger partial charge in [0, 0.05) is 7.05 Å². The zero-order chi connectivity index (χ0) is 23.4. The standard InChI is InChI=1S/C25H19FN2O4S/c1-28-23(29)22(33-25(28)27-20-10-6-18(7-11-20)24(30)31)14-16-4-12-21(13-5-16)32-15-17-2-8-19(26)9-3-17/h2-14H,15H2,1H3,(H,30,31). The van der Waals surface area contributed by atoms with Crippen LogP contribution in [0.2, 0.25) is 0 Å². The summed E-state index contributed by atoms with van der Waals surface area (Å²) in [6.07, 6.45) is 1.78. The summed E-state index contributed by atoms with van der Waals surface area (Å²) in [7, 11) is 1.65. The number of carboxylic acid groups (broad SMARTS) is 1. The van der Waals surface area contributed by atoms with E-state index < -0.39 is 5.97 Å². The molecule has 1 aliphatic rings. The first-order valence-corrected chi connectivity index (χ1v) is 10.8. The van der Waals surface area contributed by atoms with Crippen LogP contribution in [-0.4, -0.2) is 34.1 Å². The number of ether oxygens (including phenoxy) is 1. The third-order valence-electron chi connectivity index (χ3n) is 4.84. The molecule has 3 aromatic rings. The minimum absolute atomic E-state index is 0.169. The molecule has 1 aliphatic heterocycles. The van der Waals surface area contributed by atoms with Crippen molar-refractivity contribution in [2.45, 2.75) is 6.61 Å². The third kappa shape index (κ3) is 5.48. The largest absolute Gasteiger partial charge is 0.489 e. The van der Waals surface area contributed by atoms with E-state index in [0.717, 1.165) is 11.1 Å². The van der Waals surface area contributed by atoms with E-state index in [4.69, 9.17) is 9.84 Å². The van der Waals surface area contributed by atoms with Crippen molar-refractivity contribution in [3.05, 3.63) is 100 Å². The van der Waals surface area contributed by atoms with Crippen molar-refractivity contribution < 1.29 is 23.8 Å². The van der Waals surface area contributed by atoms with Crippen LogP contribution in [-0.2, 0) is 11.4 Å². The molecule has 1 heterocycles. The molecule has 1 saturated heterocycles. The Hall–Kier alpha value is -3.91. The van der Waals surface area contributed by atoms with Gasteiger partial charge in [-0.25, -0.2) is 14.2 Å². The summed E-state index contributed by atoms with van der Waals surface area (Å²) >= 11 is 1.25. The van der Waals surface area contributed by atoms with Crippen LogP contribution in [0, 0.1) is 5.82 Å². The fourth-order valence-electron chi connectivity index (χ4n) is 3.00. The number of halogens is 1. The molecule has 166 valence electrons. The van der Waals surface area contributed by atoms with Crippen molar-refractivity contribution in [3.63, 3.8) is 0 Å². The van der Waals surface area contributed by atoms with Gasteiger partial charge in [0.1, 0.15) is 18.2 Å². The van der Waals surface area contributed by atoms with Crippen LogP contribution >= 0.6 is 11.8 Å². The first kappa shape index (κ1) is 22.3. The maximum atomic E-state index is 13.0. The van der Waals surface area contributed by atoms with Crippen molar-refractivity contribution in [3.8, 4) is 5.75 Å². The molecule has 3 aromatic carbocycles. The Morgan fingerprint density at radius 3 is 2.36 bits per heavy atom. The van der Waals surface area contributed by atoms with E-state index in [-0.39, 0.29) is 17.3 Å². The third-order valence-corrected chi connectivity index (χ3v) is 5.90. The normalized spacial score (nSPS) is 15.9. The van der Waals surface area contributed by atoms with Gasteiger partial charge in [-0.3, -0.25) is 9.69 Å². The van der Waals surface area contributed by atoms with Crippen LogP contribution in [0.25, 0.3) is 6.08 Å². The molecule has 8 heteroatoms. The van der Waals surface area contributed by atoms with Gasteiger partial charge in [-0.05, 0) is 77.5 Å². The summed E-state index contributed by atoms with van der Waals surface area (Å²) in [5.41, 5.74) is 2.43. The fraction of sp³-hybridized carbons (Fsp3) is 0.0800. The van der Waals surface area contributed by atoms with Crippen LogP contribution in [0.3, 0.4) is 0 Å². The number of carbonyl (C=O) groups excluding carboxylic acids is 1. The van der Waals surface area contributed by atoms with Crippen molar-refractivity contribution in [2.75, 3.05) is 7.05 Å². The molecule has 0 spiro atoms. The fourth-order valence-corrected chi connectivity index (χ4v) is 3.99. The minimum atomic E-state index is -1.01. The first-order chi connectivity index (χ1) is 15.9. The lowest BCUT2D eigenvalue weighted by Crippen LogP contribution is -2.23. The number of amides is 1. The van der Waals surface area contributed by atoms with Gasteiger partial charge in [0.15, 0.2) is 5.17 Å². The number of carbonyl (C=O) groups is 2. The molecule has 0 radical (unpaired) electrons. The smallest absolute Gasteiger partial charge is 0.335 e. The number of aliphatic imine (C=N–C) groups is 1. The molecule has 0 saturated carbocycles. The van der Waals surface area contributed by atoms with E-state index in [2.05, 4.69) is 4.99 Å². The summed E-state index contributed by atoms with van der Waals surface area (Å²) in [6, 6.07) is 19.6. The number of nitrogens with zero attached hydrogens (tertiary/aromatic N) is 2. The average molecular weight is 463 g/mol. The zero-order valence-corrected chi connectivity index (χ0v) is 18.4. The van der Waals surface area contributed by atoms with Gasteiger partial charge in [0.25, 0.3) is 5.91 Å². The predicted molar refractivity (Wildman–Crippen MR) is 126 cm³/mol. The second kappa shape index (κ2) is 9.70. The molecule has 0 aliphatic carbocycles. The van der Waals surface area contributed by atoms with Crippen LogP contribution in [0.4, 0.5) is 10.1 Å². The number of benzene rings is 3. The quantitative estimate of drug-likeness (QED) is 0.501. The maximum absolute atomic E-state index is 13.0. The second-order valence-electron chi connectivity index (χ2n) is 7.21. The van der Waals surface area contributed by atoms with Crippen molar-refractivity contribution in [2.24, 2.45) is 4.99 Å². The van der Waals surface area contributed by atoms with Crippen LogP contribution in [0.5, 0.6) is 5.75 Å². The van der Waals surface area contributed by atoms with Crippen molar-refractivity contribution in [1.29, 1.82) is 0 Å². The van der Waals surface area contributed by atoms with E-state index in [1.54, 1.807) is 37.4 Å². The molecule has 1 fully saturated rings. The number of thioether (sulfide) groups is 1. The Bertz CT molecular complexity index is 1240. The van der Waals surface area contributed by atoms with E-state index >= 15 is 0 Å². The van der Waals surface area contributed by atoms with Crippen LogP contribution < -0.4 is 4.74 Å². The topological polar surface area (TPSA) is 79.2 Å². The van der Waals surface area contributed by atoms with Gasteiger partial charge >= 0.3 is 5.97 Å².